The van der Waals surface area contributed by atoms with Crippen molar-refractivity contribution in [3.63, 3.8) is 0 Å². The molecule has 174 valence electrons. The Balaban J connectivity index is 1.50. The molecular formula is C28H19BrN6O. The number of hydrogen-bond donors (Lipinski definition) is 0. The van der Waals surface area contributed by atoms with Crippen LogP contribution >= 0.6 is 15.9 Å². The normalized spacial score (nSPS) is 14.3. The van der Waals surface area contributed by atoms with E-state index in [4.69, 9.17) is 19.9 Å². The van der Waals surface area contributed by atoms with Crippen molar-refractivity contribution >= 4 is 21.6 Å². The van der Waals surface area contributed by atoms with E-state index in [1.807, 2.05) is 84.4 Å². The Labute approximate surface area is 215 Å². The van der Waals surface area contributed by atoms with Crippen molar-refractivity contribution in [2.45, 2.75) is 12.8 Å². The molecule has 7 rings (SSSR count). The van der Waals surface area contributed by atoms with Crippen LogP contribution < -0.4 is 4.74 Å². The minimum absolute atomic E-state index is 0.171. The number of benzene rings is 3. The number of rotatable bonds is 3. The maximum absolute atomic E-state index is 6.48. The number of fused-ring (bicyclic) bond motifs is 4. The molecule has 0 bridgehead atoms. The Bertz CT molecular complexity index is 1740. The molecule has 0 saturated carbocycles. The molecule has 0 aliphatic carbocycles. The monoisotopic (exact) mass is 534 g/mol. The molecule has 0 radical (unpaired) electrons. The predicted octanol–water partition coefficient (Wildman–Crippen LogP) is 6.33. The van der Waals surface area contributed by atoms with Crippen molar-refractivity contribution in [1.82, 2.24) is 29.4 Å². The van der Waals surface area contributed by atoms with Gasteiger partial charge in [0.1, 0.15) is 6.33 Å². The van der Waals surface area contributed by atoms with Crippen LogP contribution in [0.15, 0.2) is 95.7 Å². The smallest absolute Gasteiger partial charge is 0.230 e. The third-order valence-electron chi connectivity index (χ3n) is 6.47. The molecule has 0 amide bonds. The molecule has 3 aromatic heterocycles. The molecule has 7 nitrogen and oxygen atoms in total. The number of ether oxygens (including phenoxy) is 1. The predicted molar refractivity (Wildman–Crippen MR) is 140 cm³/mol. The second-order valence-electron chi connectivity index (χ2n) is 8.64. The molecule has 1 atom stereocenters. The molecule has 0 spiro atoms. The van der Waals surface area contributed by atoms with Crippen LogP contribution in [0.25, 0.3) is 22.7 Å². The van der Waals surface area contributed by atoms with Crippen molar-refractivity contribution in [1.29, 1.82) is 0 Å². The quantitative estimate of drug-likeness (QED) is 0.264. The van der Waals surface area contributed by atoms with Gasteiger partial charge in [-0.05, 0) is 36.8 Å². The van der Waals surface area contributed by atoms with Crippen molar-refractivity contribution in [2.75, 3.05) is 0 Å². The highest BCUT2D eigenvalue weighted by Gasteiger charge is 2.38. The molecular weight excluding hydrogens is 516 g/mol. The topological polar surface area (TPSA) is 70.1 Å². The molecule has 0 fully saturated rings. The number of aryl methyl sites for hydroxylation is 1. The van der Waals surface area contributed by atoms with Crippen LogP contribution in [0.1, 0.15) is 28.3 Å². The minimum Gasteiger partial charge on any atom is -0.420 e. The van der Waals surface area contributed by atoms with Gasteiger partial charge in [-0.2, -0.15) is 5.10 Å². The summed E-state index contributed by atoms with van der Waals surface area (Å²) in [5, 5.41) is 9.63. The highest BCUT2D eigenvalue weighted by Crippen LogP contribution is 2.49. The highest BCUT2D eigenvalue weighted by atomic mass is 79.9. The summed E-state index contributed by atoms with van der Waals surface area (Å²) in [6.45, 7) is 2.02. The molecule has 0 saturated heterocycles. The lowest BCUT2D eigenvalue weighted by Crippen LogP contribution is -2.16. The molecule has 3 aromatic carbocycles. The maximum Gasteiger partial charge on any atom is 0.230 e. The lowest BCUT2D eigenvalue weighted by Gasteiger charge is -2.26. The van der Waals surface area contributed by atoms with Gasteiger partial charge in [0.15, 0.2) is 11.5 Å². The van der Waals surface area contributed by atoms with Gasteiger partial charge in [0.2, 0.25) is 11.8 Å². The largest absolute Gasteiger partial charge is 0.420 e. The Morgan fingerprint density at radius 2 is 1.56 bits per heavy atom. The Hall–Kier alpha value is -4.30. The summed E-state index contributed by atoms with van der Waals surface area (Å²) in [4.78, 5) is 9.66. The summed E-state index contributed by atoms with van der Waals surface area (Å²) < 4.78 is 11.0. The Morgan fingerprint density at radius 3 is 2.33 bits per heavy atom. The minimum atomic E-state index is -0.171. The molecule has 1 unspecified atom stereocenters. The number of nitrogens with zero attached hydrogens (tertiary/aromatic N) is 6. The van der Waals surface area contributed by atoms with E-state index in [1.54, 1.807) is 10.8 Å². The van der Waals surface area contributed by atoms with Gasteiger partial charge in [0.05, 0.1) is 28.4 Å². The van der Waals surface area contributed by atoms with E-state index in [0.29, 0.717) is 23.2 Å². The van der Waals surface area contributed by atoms with E-state index in [1.165, 1.54) is 0 Å². The first-order chi connectivity index (χ1) is 17.7. The van der Waals surface area contributed by atoms with Gasteiger partial charge in [0.25, 0.3) is 0 Å². The lowest BCUT2D eigenvalue weighted by molar-refractivity contribution is 0.402. The molecule has 1 aliphatic heterocycles. The number of hydrogen-bond acceptors (Lipinski definition) is 5. The summed E-state index contributed by atoms with van der Waals surface area (Å²) in [6, 6.07) is 28.3. The van der Waals surface area contributed by atoms with Gasteiger partial charge >= 0.3 is 0 Å². The van der Waals surface area contributed by atoms with E-state index < -0.39 is 0 Å². The first-order valence-electron chi connectivity index (χ1n) is 11.6. The van der Waals surface area contributed by atoms with Crippen molar-refractivity contribution < 1.29 is 4.74 Å². The van der Waals surface area contributed by atoms with Crippen molar-refractivity contribution in [3.8, 4) is 28.8 Å². The van der Waals surface area contributed by atoms with Crippen LogP contribution in [0.5, 0.6) is 11.8 Å². The second-order valence-corrected chi connectivity index (χ2v) is 9.50. The fourth-order valence-electron chi connectivity index (χ4n) is 4.86. The molecule has 1 aliphatic rings. The highest BCUT2D eigenvalue weighted by molar-refractivity contribution is 9.10. The SMILES string of the molecule is Cc1nn(-c2ccccc2)c2c1C(c1ccccc1)c1c(ncn3nc(-c4ccccc4Br)nc13)O2. The van der Waals surface area contributed by atoms with Gasteiger partial charge in [-0.15, -0.1) is 5.10 Å². The van der Waals surface area contributed by atoms with E-state index in [2.05, 4.69) is 33.0 Å². The summed E-state index contributed by atoms with van der Waals surface area (Å²) in [6.07, 6.45) is 1.66. The molecule has 36 heavy (non-hydrogen) atoms. The van der Waals surface area contributed by atoms with Gasteiger partial charge < -0.3 is 4.74 Å². The number of aromatic nitrogens is 6. The first-order valence-corrected chi connectivity index (χ1v) is 12.4. The second kappa shape index (κ2) is 8.13. The van der Waals surface area contributed by atoms with Crippen LogP contribution in [-0.4, -0.2) is 29.4 Å². The molecule has 6 aromatic rings. The molecule has 4 heterocycles. The average molecular weight is 535 g/mol. The Kier molecular flexibility index (Phi) is 4.75. The molecule has 0 N–H and O–H groups in total. The molecule has 8 heteroatoms. The summed E-state index contributed by atoms with van der Waals surface area (Å²) in [7, 11) is 0. The van der Waals surface area contributed by atoms with Crippen LogP contribution in [0, 0.1) is 6.92 Å². The first kappa shape index (κ1) is 21.0. The van der Waals surface area contributed by atoms with E-state index in [0.717, 1.165) is 38.1 Å². The zero-order valence-electron chi connectivity index (χ0n) is 19.2. The average Bonchev–Trinajstić information content (AvgIpc) is 3.50. The fraction of sp³-hybridized carbons (Fsp3) is 0.0714. The standard InChI is InChI=1S/C28H19BrN6O/c1-17-22-23(18-10-4-2-5-11-18)24-26-31-25(20-14-8-9-15-21(20)29)33-34(26)16-30-27(24)36-28(22)35(32-17)19-12-6-3-7-13-19/h2-16,23H,1H3. The zero-order valence-corrected chi connectivity index (χ0v) is 20.8. The van der Waals surface area contributed by atoms with E-state index in [-0.39, 0.29) is 5.92 Å². The van der Waals surface area contributed by atoms with Gasteiger partial charge in [-0.25, -0.2) is 19.2 Å². The van der Waals surface area contributed by atoms with Crippen LogP contribution in [0.2, 0.25) is 0 Å². The number of para-hydroxylation sites is 1. The van der Waals surface area contributed by atoms with Crippen LogP contribution in [0.4, 0.5) is 0 Å². The van der Waals surface area contributed by atoms with Crippen LogP contribution in [0.3, 0.4) is 0 Å². The van der Waals surface area contributed by atoms with Gasteiger partial charge in [0, 0.05) is 10.0 Å². The summed E-state index contributed by atoms with van der Waals surface area (Å²) in [5.74, 6) is 1.62. The maximum atomic E-state index is 6.48. The third-order valence-corrected chi connectivity index (χ3v) is 7.16. The zero-order chi connectivity index (χ0) is 24.2. The lowest BCUT2D eigenvalue weighted by atomic mass is 9.84. The summed E-state index contributed by atoms with van der Waals surface area (Å²) in [5.41, 5.74) is 6.42. The van der Waals surface area contributed by atoms with Crippen molar-refractivity contribution in [2.24, 2.45) is 0 Å². The van der Waals surface area contributed by atoms with E-state index in [9.17, 15) is 0 Å². The van der Waals surface area contributed by atoms with Gasteiger partial charge in [-0.1, -0.05) is 76.6 Å². The third kappa shape index (κ3) is 3.18. The Morgan fingerprint density at radius 1 is 0.833 bits per heavy atom. The van der Waals surface area contributed by atoms with Crippen LogP contribution in [-0.2, 0) is 0 Å². The summed E-state index contributed by atoms with van der Waals surface area (Å²) >= 11 is 3.63. The van der Waals surface area contributed by atoms with Crippen molar-refractivity contribution in [3.05, 3.63) is 118 Å². The number of halogens is 1. The fourth-order valence-corrected chi connectivity index (χ4v) is 5.32. The van der Waals surface area contributed by atoms with E-state index >= 15 is 0 Å². The van der Waals surface area contributed by atoms with Gasteiger partial charge in [-0.3, -0.25) is 0 Å².